The van der Waals surface area contributed by atoms with Gasteiger partial charge in [-0.1, -0.05) is 131 Å². The van der Waals surface area contributed by atoms with Crippen molar-refractivity contribution >= 4 is 5.57 Å². The monoisotopic (exact) mass is 700 g/mol. The van der Waals surface area contributed by atoms with E-state index in [1.54, 1.807) is 24.5 Å². The van der Waals surface area contributed by atoms with Gasteiger partial charge in [-0.3, -0.25) is 0 Å². The Labute approximate surface area is 308 Å². The van der Waals surface area contributed by atoms with Gasteiger partial charge in [-0.15, -0.1) is 0 Å². The van der Waals surface area contributed by atoms with Gasteiger partial charge in [-0.2, -0.15) is 8.78 Å². The average Bonchev–Trinajstić information content (AvgIpc) is 3.20. The molecule has 1 aliphatic carbocycles. The minimum absolute atomic E-state index is 0.460. The molecule has 0 bridgehead atoms. The number of nitrogens with zero attached hydrogens (tertiary/aromatic N) is 2. The van der Waals surface area contributed by atoms with Crippen molar-refractivity contribution in [2.24, 2.45) is 0 Å². The number of benzene rings is 3. The van der Waals surface area contributed by atoms with Gasteiger partial charge < -0.3 is 9.47 Å². The third kappa shape index (κ3) is 11.3. The van der Waals surface area contributed by atoms with Crippen molar-refractivity contribution in [1.82, 2.24) is 9.97 Å². The molecule has 5 aromatic rings. The predicted molar refractivity (Wildman–Crippen MR) is 209 cm³/mol. The second-order valence-corrected chi connectivity index (χ2v) is 13.1. The number of ether oxygens (including phenoxy) is 2. The van der Waals surface area contributed by atoms with Gasteiger partial charge in [0.25, 0.3) is 0 Å². The maximum atomic E-state index is 13.2. The largest absolute Gasteiger partial charge is 0.494 e. The summed E-state index contributed by atoms with van der Waals surface area (Å²) in [5, 5.41) is 0. The molecule has 0 fully saturated rings. The fourth-order valence-corrected chi connectivity index (χ4v) is 6.14. The number of halogens is 2. The molecule has 4 nitrogen and oxygen atoms in total. The highest BCUT2D eigenvalue weighted by molar-refractivity contribution is 5.75. The number of unbranched alkanes of at least 4 members (excludes halogenated alkanes) is 6. The summed E-state index contributed by atoms with van der Waals surface area (Å²) in [4.78, 5) is 7.53. The van der Waals surface area contributed by atoms with Gasteiger partial charge in [0.05, 0.1) is 6.61 Å². The number of rotatable bonds is 16. The first-order chi connectivity index (χ1) is 25.5. The van der Waals surface area contributed by atoms with Crippen molar-refractivity contribution in [2.45, 2.75) is 77.2 Å². The molecule has 6 rings (SSSR count). The summed E-state index contributed by atoms with van der Waals surface area (Å²) in [5.41, 5.74) is 6.92. The lowest BCUT2D eigenvalue weighted by Crippen LogP contribution is -2.29. The zero-order chi connectivity index (χ0) is 36.4. The first kappa shape index (κ1) is 38.3. The normalized spacial score (nSPS) is 15.0. The fraction of sp³-hybridized carbons (Fsp3) is 0.304. The maximum Gasteiger partial charge on any atom is 0.212 e. The van der Waals surface area contributed by atoms with Crippen molar-refractivity contribution in [1.29, 1.82) is 0 Å². The Morgan fingerprint density at radius 2 is 1.15 bits per heavy atom. The van der Waals surface area contributed by atoms with Crippen LogP contribution in [0, 0.1) is 11.9 Å². The Kier molecular flexibility index (Phi) is 14.9. The average molecular weight is 701 g/mol. The molecule has 52 heavy (non-hydrogen) atoms. The number of hydrogen-bond acceptors (Lipinski definition) is 4. The van der Waals surface area contributed by atoms with Crippen molar-refractivity contribution in [3.63, 3.8) is 0 Å². The van der Waals surface area contributed by atoms with Crippen molar-refractivity contribution in [3.8, 4) is 28.0 Å². The Balaban J connectivity index is 0.000000202. The third-order valence-corrected chi connectivity index (χ3v) is 9.24. The minimum atomic E-state index is -0.563. The van der Waals surface area contributed by atoms with Crippen LogP contribution in [-0.4, -0.2) is 23.2 Å². The number of pyridine rings is 2. The molecule has 6 heteroatoms. The van der Waals surface area contributed by atoms with Crippen LogP contribution in [0.15, 0.2) is 134 Å². The van der Waals surface area contributed by atoms with Gasteiger partial charge in [0, 0.05) is 36.5 Å². The van der Waals surface area contributed by atoms with Gasteiger partial charge in [-0.05, 0) is 83.1 Å². The topological polar surface area (TPSA) is 44.2 Å². The second-order valence-electron chi connectivity index (χ2n) is 13.1. The Hall–Kier alpha value is -4.94. The van der Waals surface area contributed by atoms with Crippen LogP contribution in [0.2, 0.25) is 0 Å². The molecule has 1 atom stereocenters. The Bertz CT molecular complexity index is 1820. The van der Waals surface area contributed by atoms with Gasteiger partial charge in [0.1, 0.15) is 11.4 Å². The first-order valence-corrected chi connectivity index (χ1v) is 18.7. The molecule has 0 spiro atoms. The lowest BCUT2D eigenvalue weighted by Gasteiger charge is -2.33. The predicted octanol–water partition coefficient (Wildman–Crippen LogP) is 12.6. The van der Waals surface area contributed by atoms with Crippen molar-refractivity contribution < 1.29 is 18.3 Å². The molecule has 0 amide bonds. The maximum absolute atomic E-state index is 13.2. The quantitative estimate of drug-likeness (QED) is 0.0759. The van der Waals surface area contributed by atoms with E-state index in [0.717, 1.165) is 65.9 Å². The van der Waals surface area contributed by atoms with E-state index in [2.05, 4.69) is 78.4 Å². The second kappa shape index (κ2) is 20.2. The summed E-state index contributed by atoms with van der Waals surface area (Å²) in [6, 6.07) is 33.0. The number of hydrogen-bond donors (Lipinski definition) is 0. The molecule has 3 aromatic carbocycles. The Morgan fingerprint density at radius 3 is 1.75 bits per heavy atom. The summed E-state index contributed by atoms with van der Waals surface area (Å²) in [7, 11) is 0. The van der Waals surface area contributed by atoms with E-state index in [1.807, 2.05) is 42.5 Å². The third-order valence-electron chi connectivity index (χ3n) is 9.24. The molecule has 0 radical (unpaired) electrons. The zero-order valence-corrected chi connectivity index (χ0v) is 30.4. The van der Waals surface area contributed by atoms with Gasteiger partial charge in [-0.25, -0.2) is 9.97 Å². The highest BCUT2D eigenvalue weighted by atomic mass is 19.1. The molecule has 1 aliphatic rings. The van der Waals surface area contributed by atoms with Crippen LogP contribution >= 0.6 is 0 Å². The highest BCUT2D eigenvalue weighted by Crippen LogP contribution is 2.37. The van der Waals surface area contributed by atoms with E-state index in [1.165, 1.54) is 49.0 Å². The zero-order valence-electron chi connectivity index (χ0n) is 30.4. The van der Waals surface area contributed by atoms with Crippen LogP contribution in [0.25, 0.3) is 27.8 Å². The molecular formula is C46H50F2N2O2. The van der Waals surface area contributed by atoms with E-state index < -0.39 is 17.5 Å². The van der Waals surface area contributed by atoms with Crippen LogP contribution in [0.1, 0.15) is 82.8 Å². The van der Waals surface area contributed by atoms with Crippen LogP contribution in [0.3, 0.4) is 0 Å². The fourth-order valence-electron chi connectivity index (χ4n) is 6.14. The molecule has 0 N–H and O–H groups in total. The Morgan fingerprint density at radius 1 is 0.577 bits per heavy atom. The van der Waals surface area contributed by atoms with Gasteiger partial charge in [0.2, 0.25) is 11.9 Å². The van der Waals surface area contributed by atoms with E-state index in [0.29, 0.717) is 13.0 Å². The van der Waals surface area contributed by atoms with E-state index in [9.17, 15) is 8.78 Å². The molecule has 0 saturated heterocycles. The summed E-state index contributed by atoms with van der Waals surface area (Å²) in [5.74, 6) is -0.00734. The molecule has 2 aromatic heterocycles. The van der Waals surface area contributed by atoms with Gasteiger partial charge in [0.15, 0.2) is 0 Å². The van der Waals surface area contributed by atoms with Crippen molar-refractivity contribution in [3.05, 3.63) is 157 Å². The van der Waals surface area contributed by atoms with E-state index in [-0.39, 0.29) is 0 Å². The summed E-state index contributed by atoms with van der Waals surface area (Å²) < 4.78 is 38.3. The minimum Gasteiger partial charge on any atom is -0.494 e. The number of aromatic nitrogens is 2. The first-order valence-electron chi connectivity index (χ1n) is 18.7. The lowest BCUT2D eigenvalue weighted by molar-refractivity contribution is -0.0131. The summed E-state index contributed by atoms with van der Waals surface area (Å²) in [6.07, 6.45) is 19.8. The summed E-state index contributed by atoms with van der Waals surface area (Å²) >= 11 is 0. The van der Waals surface area contributed by atoms with E-state index >= 15 is 0 Å². The molecule has 0 saturated carbocycles. The molecule has 0 aliphatic heterocycles. The van der Waals surface area contributed by atoms with Crippen LogP contribution in [0.4, 0.5) is 8.78 Å². The molecule has 1 unspecified atom stereocenters. The standard InChI is InChI=1S/C24H26FNO.C22H24FNO/c1-2-3-4-5-6-17-27-23-14-11-20(12-15-23)19-7-9-21(10-8-19)22-13-16-24(25)26-18-22;1-2-3-7-16-25-22(20-10-11-21(23)24-17-20)14-12-19(13-15-22)18-8-5-4-6-9-18/h7-16,18H,2-6,17H2,1H3;4-6,8-14,17H,2-3,7,15-16H2,1H3. The molecule has 2 heterocycles. The van der Waals surface area contributed by atoms with Crippen LogP contribution < -0.4 is 4.74 Å². The molecular weight excluding hydrogens is 651 g/mol. The van der Waals surface area contributed by atoms with Crippen molar-refractivity contribution in [2.75, 3.05) is 13.2 Å². The SMILES string of the molecule is CCCCCCCOc1ccc(-c2ccc(-c3ccc(F)nc3)cc2)cc1.CCCCCOC1(c2ccc(F)nc2)C=CC(c2ccccc2)=CC1. The smallest absolute Gasteiger partial charge is 0.212 e. The van der Waals surface area contributed by atoms with Gasteiger partial charge >= 0.3 is 0 Å². The molecule has 270 valence electrons. The number of allylic oxidation sites excluding steroid dienone is 2. The van der Waals surface area contributed by atoms with Crippen LogP contribution in [0.5, 0.6) is 5.75 Å². The lowest BCUT2D eigenvalue weighted by atomic mass is 9.84. The highest BCUT2D eigenvalue weighted by Gasteiger charge is 2.32. The summed E-state index contributed by atoms with van der Waals surface area (Å²) in [6.45, 7) is 5.87. The van der Waals surface area contributed by atoms with Crippen LogP contribution in [-0.2, 0) is 10.3 Å². The van der Waals surface area contributed by atoms with E-state index in [4.69, 9.17) is 9.47 Å².